The molecular formula is C13H17NO2. The Morgan fingerprint density at radius 2 is 2.06 bits per heavy atom. The summed E-state index contributed by atoms with van der Waals surface area (Å²) >= 11 is 0. The Morgan fingerprint density at radius 1 is 1.38 bits per heavy atom. The summed E-state index contributed by atoms with van der Waals surface area (Å²) in [5.41, 5.74) is 1.17. The van der Waals surface area contributed by atoms with Gasteiger partial charge in [-0.25, -0.2) is 0 Å². The first-order valence-corrected chi connectivity index (χ1v) is 5.61. The first-order chi connectivity index (χ1) is 7.75. The lowest BCUT2D eigenvalue weighted by Crippen LogP contribution is -2.35. The molecule has 16 heavy (non-hydrogen) atoms. The Labute approximate surface area is 96.0 Å². The van der Waals surface area contributed by atoms with Gasteiger partial charge in [0.05, 0.1) is 13.2 Å². The number of carbonyl (C=O) groups is 1. The lowest BCUT2D eigenvalue weighted by Gasteiger charge is -2.27. The molecule has 0 atom stereocenters. The summed E-state index contributed by atoms with van der Waals surface area (Å²) in [7, 11) is 1.86. The average molecular weight is 219 g/mol. The fourth-order valence-corrected chi connectivity index (χ4v) is 1.75. The standard InChI is InChI=1S/C13H17NO2/c1-14(8-11-5-3-2-4-6-11)13(15)7-12-9-16-10-12/h2-6,12H,7-10H2,1H3. The molecule has 1 aromatic rings. The fourth-order valence-electron chi connectivity index (χ4n) is 1.75. The van der Waals surface area contributed by atoms with E-state index in [-0.39, 0.29) is 5.91 Å². The third-order valence-corrected chi connectivity index (χ3v) is 2.86. The number of benzene rings is 1. The molecule has 1 aliphatic heterocycles. The number of amides is 1. The number of hydrogen-bond donors (Lipinski definition) is 0. The van der Waals surface area contributed by atoms with Gasteiger partial charge >= 0.3 is 0 Å². The minimum Gasteiger partial charge on any atom is -0.381 e. The Morgan fingerprint density at radius 3 is 2.62 bits per heavy atom. The molecule has 0 spiro atoms. The second-order valence-corrected chi connectivity index (χ2v) is 4.34. The largest absolute Gasteiger partial charge is 0.381 e. The molecule has 0 aromatic heterocycles. The quantitative estimate of drug-likeness (QED) is 0.771. The van der Waals surface area contributed by atoms with Crippen molar-refractivity contribution in [2.24, 2.45) is 5.92 Å². The molecule has 0 N–H and O–H groups in total. The van der Waals surface area contributed by atoms with Gasteiger partial charge in [0.15, 0.2) is 0 Å². The molecule has 1 amide bonds. The van der Waals surface area contributed by atoms with E-state index in [0.717, 1.165) is 13.2 Å². The van der Waals surface area contributed by atoms with E-state index in [2.05, 4.69) is 0 Å². The van der Waals surface area contributed by atoms with Gasteiger partial charge in [0.2, 0.25) is 5.91 Å². The summed E-state index contributed by atoms with van der Waals surface area (Å²) in [6, 6.07) is 10.0. The van der Waals surface area contributed by atoms with Crippen molar-refractivity contribution >= 4 is 5.91 Å². The highest BCUT2D eigenvalue weighted by atomic mass is 16.5. The topological polar surface area (TPSA) is 29.5 Å². The van der Waals surface area contributed by atoms with E-state index in [0.29, 0.717) is 18.9 Å². The lowest BCUT2D eigenvalue weighted by molar-refractivity contribution is -0.135. The smallest absolute Gasteiger partial charge is 0.223 e. The van der Waals surface area contributed by atoms with Gasteiger partial charge in [0, 0.05) is 25.9 Å². The van der Waals surface area contributed by atoms with Crippen LogP contribution in [-0.4, -0.2) is 31.1 Å². The van der Waals surface area contributed by atoms with Gasteiger partial charge in [-0.2, -0.15) is 0 Å². The Balaban J connectivity index is 1.82. The third kappa shape index (κ3) is 2.83. The predicted molar refractivity (Wildman–Crippen MR) is 61.8 cm³/mol. The third-order valence-electron chi connectivity index (χ3n) is 2.86. The zero-order chi connectivity index (χ0) is 11.4. The summed E-state index contributed by atoms with van der Waals surface area (Å²) in [5, 5.41) is 0. The van der Waals surface area contributed by atoms with Gasteiger partial charge < -0.3 is 9.64 Å². The average Bonchev–Trinajstić information content (AvgIpc) is 2.24. The molecule has 0 aliphatic carbocycles. The van der Waals surface area contributed by atoms with Crippen molar-refractivity contribution in [2.45, 2.75) is 13.0 Å². The highest BCUT2D eigenvalue weighted by Crippen LogP contribution is 2.16. The Bertz CT molecular complexity index is 346. The molecule has 1 aliphatic rings. The van der Waals surface area contributed by atoms with E-state index in [9.17, 15) is 4.79 Å². The minimum atomic E-state index is 0.206. The van der Waals surface area contributed by atoms with Crippen LogP contribution in [0.15, 0.2) is 30.3 Å². The monoisotopic (exact) mass is 219 g/mol. The van der Waals surface area contributed by atoms with Crippen molar-refractivity contribution in [2.75, 3.05) is 20.3 Å². The summed E-state index contributed by atoms with van der Waals surface area (Å²) < 4.78 is 5.06. The van der Waals surface area contributed by atoms with Crippen LogP contribution in [-0.2, 0) is 16.1 Å². The Kier molecular flexibility index (Phi) is 3.57. The summed E-state index contributed by atoms with van der Waals surface area (Å²) in [6.07, 6.45) is 0.614. The van der Waals surface area contributed by atoms with Crippen molar-refractivity contribution in [3.05, 3.63) is 35.9 Å². The molecule has 2 rings (SSSR count). The van der Waals surface area contributed by atoms with Crippen LogP contribution in [0, 0.1) is 5.92 Å². The van der Waals surface area contributed by atoms with E-state index in [1.54, 1.807) is 4.90 Å². The minimum absolute atomic E-state index is 0.206. The van der Waals surface area contributed by atoms with Crippen LogP contribution in [0.2, 0.25) is 0 Å². The van der Waals surface area contributed by atoms with Crippen LogP contribution >= 0.6 is 0 Å². The van der Waals surface area contributed by atoms with E-state index in [4.69, 9.17) is 4.74 Å². The maximum Gasteiger partial charge on any atom is 0.223 e. The molecule has 86 valence electrons. The molecule has 0 bridgehead atoms. The molecule has 0 unspecified atom stereocenters. The zero-order valence-corrected chi connectivity index (χ0v) is 9.56. The van der Waals surface area contributed by atoms with E-state index < -0.39 is 0 Å². The predicted octanol–water partition coefficient (Wildman–Crippen LogP) is 1.68. The first-order valence-electron chi connectivity index (χ1n) is 5.61. The van der Waals surface area contributed by atoms with E-state index >= 15 is 0 Å². The van der Waals surface area contributed by atoms with Crippen LogP contribution in [0.3, 0.4) is 0 Å². The van der Waals surface area contributed by atoms with Gasteiger partial charge in [-0.05, 0) is 5.56 Å². The first kappa shape index (κ1) is 11.1. The fraction of sp³-hybridized carbons (Fsp3) is 0.462. The van der Waals surface area contributed by atoms with Gasteiger partial charge in [0.25, 0.3) is 0 Å². The normalized spacial score (nSPS) is 15.6. The van der Waals surface area contributed by atoms with Crippen molar-refractivity contribution in [1.29, 1.82) is 0 Å². The number of nitrogens with zero attached hydrogens (tertiary/aromatic N) is 1. The van der Waals surface area contributed by atoms with Crippen molar-refractivity contribution < 1.29 is 9.53 Å². The van der Waals surface area contributed by atoms with Crippen LogP contribution in [0.4, 0.5) is 0 Å². The second-order valence-electron chi connectivity index (χ2n) is 4.34. The number of hydrogen-bond acceptors (Lipinski definition) is 2. The maximum atomic E-state index is 11.8. The maximum absolute atomic E-state index is 11.8. The van der Waals surface area contributed by atoms with E-state index in [1.165, 1.54) is 5.56 Å². The summed E-state index contributed by atoms with van der Waals surface area (Å²) in [5.74, 6) is 0.642. The van der Waals surface area contributed by atoms with Gasteiger partial charge in [-0.1, -0.05) is 30.3 Å². The molecule has 1 fully saturated rings. The lowest BCUT2D eigenvalue weighted by atomic mass is 10.0. The number of ether oxygens (including phenoxy) is 1. The number of rotatable bonds is 4. The van der Waals surface area contributed by atoms with Gasteiger partial charge in [-0.15, -0.1) is 0 Å². The Hall–Kier alpha value is -1.35. The molecule has 1 heterocycles. The molecule has 1 saturated heterocycles. The number of carbonyl (C=O) groups excluding carboxylic acids is 1. The van der Waals surface area contributed by atoms with Crippen LogP contribution in [0.1, 0.15) is 12.0 Å². The van der Waals surface area contributed by atoms with Crippen LogP contribution < -0.4 is 0 Å². The van der Waals surface area contributed by atoms with Crippen LogP contribution in [0.25, 0.3) is 0 Å². The molecule has 1 aromatic carbocycles. The molecule has 3 heteroatoms. The molecule has 0 saturated carbocycles. The highest BCUT2D eigenvalue weighted by Gasteiger charge is 2.23. The van der Waals surface area contributed by atoms with Gasteiger partial charge in [0.1, 0.15) is 0 Å². The molecule has 3 nitrogen and oxygen atoms in total. The van der Waals surface area contributed by atoms with Crippen molar-refractivity contribution in [1.82, 2.24) is 4.90 Å². The van der Waals surface area contributed by atoms with Crippen LogP contribution in [0.5, 0.6) is 0 Å². The summed E-state index contributed by atoms with van der Waals surface area (Å²) in [6.45, 7) is 2.17. The molecular weight excluding hydrogens is 202 g/mol. The van der Waals surface area contributed by atoms with E-state index in [1.807, 2.05) is 37.4 Å². The van der Waals surface area contributed by atoms with Gasteiger partial charge in [-0.3, -0.25) is 4.79 Å². The SMILES string of the molecule is CN(Cc1ccccc1)C(=O)CC1COC1. The molecule has 0 radical (unpaired) electrons. The second kappa shape index (κ2) is 5.12. The zero-order valence-electron chi connectivity index (χ0n) is 9.56. The van der Waals surface area contributed by atoms with Crippen molar-refractivity contribution in [3.63, 3.8) is 0 Å². The highest BCUT2D eigenvalue weighted by molar-refractivity contribution is 5.76. The van der Waals surface area contributed by atoms with Crippen molar-refractivity contribution in [3.8, 4) is 0 Å². The summed E-state index contributed by atoms with van der Waals surface area (Å²) in [4.78, 5) is 13.6.